The number of rotatable bonds is 6. The lowest BCUT2D eigenvalue weighted by molar-refractivity contribution is -0.131. The molecule has 1 spiro atoms. The fourth-order valence-corrected chi connectivity index (χ4v) is 8.42. The molecule has 2 aliphatic carbocycles. The molecule has 0 unspecified atom stereocenters. The Balaban J connectivity index is 1.24. The van der Waals surface area contributed by atoms with Crippen LogP contribution in [0.3, 0.4) is 0 Å². The molecule has 220 valence electrons. The van der Waals surface area contributed by atoms with Gasteiger partial charge in [0.25, 0.3) is 0 Å². The molecule has 2 bridgehead atoms. The minimum absolute atomic E-state index is 0.0858. The van der Waals surface area contributed by atoms with Crippen molar-refractivity contribution in [3.63, 3.8) is 0 Å². The summed E-state index contributed by atoms with van der Waals surface area (Å²) in [6, 6.07) is 16.7. The number of carbonyl (C=O) groups excluding carboxylic acids is 3. The average Bonchev–Trinajstić information content (AvgIpc) is 3.59. The fourth-order valence-electron chi connectivity index (χ4n) is 8.42. The van der Waals surface area contributed by atoms with Crippen LogP contribution in [0.4, 0.5) is 11.4 Å². The summed E-state index contributed by atoms with van der Waals surface area (Å²) >= 11 is 0. The van der Waals surface area contributed by atoms with Gasteiger partial charge in [0.05, 0.1) is 17.4 Å². The molecule has 7 nitrogen and oxygen atoms in total. The molecule has 4 fully saturated rings. The fraction of sp³-hybridized carbons (Fsp3) is 0.514. The summed E-state index contributed by atoms with van der Waals surface area (Å²) in [7, 11) is 0. The number of nitrogens with zero attached hydrogens (tertiary/aromatic N) is 1. The van der Waals surface area contributed by atoms with E-state index in [1.54, 1.807) is 4.90 Å². The minimum atomic E-state index is -1.22. The Labute approximate surface area is 248 Å². The maximum Gasteiger partial charge on any atom is 0.246 e. The molecule has 3 amide bonds. The topological polar surface area (TPSA) is 87.7 Å². The summed E-state index contributed by atoms with van der Waals surface area (Å²) in [5.41, 5.74) is 0.431. The second-order valence-electron chi connectivity index (χ2n) is 13.2. The van der Waals surface area contributed by atoms with Gasteiger partial charge in [0.1, 0.15) is 11.6 Å². The highest BCUT2D eigenvalue weighted by atomic mass is 16.5. The second-order valence-corrected chi connectivity index (χ2v) is 13.2. The van der Waals surface area contributed by atoms with Crippen molar-refractivity contribution in [2.45, 2.75) is 100 Å². The largest absolute Gasteiger partial charge is 0.356 e. The molecule has 2 aromatic rings. The van der Waals surface area contributed by atoms with Gasteiger partial charge in [-0.3, -0.25) is 19.3 Å². The third-order valence-electron chi connectivity index (χ3n) is 10.5. The molecular weight excluding hydrogens is 526 g/mol. The van der Waals surface area contributed by atoms with Gasteiger partial charge in [-0.25, -0.2) is 0 Å². The van der Waals surface area contributed by atoms with Crippen molar-refractivity contribution >= 4 is 29.1 Å². The van der Waals surface area contributed by atoms with Crippen molar-refractivity contribution in [2.24, 2.45) is 11.8 Å². The summed E-state index contributed by atoms with van der Waals surface area (Å²) < 4.78 is 6.71. The van der Waals surface area contributed by atoms with E-state index in [2.05, 4.69) is 22.8 Å². The van der Waals surface area contributed by atoms with Crippen LogP contribution in [-0.4, -0.2) is 41.0 Å². The molecule has 3 heterocycles. The van der Waals surface area contributed by atoms with Crippen LogP contribution < -0.4 is 15.5 Å². The first-order valence-corrected chi connectivity index (χ1v) is 15.9. The lowest BCUT2D eigenvalue weighted by Crippen LogP contribution is -2.56. The molecule has 5 aliphatic rings. The van der Waals surface area contributed by atoms with Gasteiger partial charge >= 0.3 is 0 Å². The number of benzene rings is 2. The van der Waals surface area contributed by atoms with E-state index in [1.165, 1.54) is 44.1 Å². The maximum atomic E-state index is 14.5. The van der Waals surface area contributed by atoms with E-state index in [0.717, 1.165) is 25.7 Å². The molecule has 2 saturated heterocycles. The average molecular weight is 568 g/mol. The molecule has 7 rings (SSSR count). The van der Waals surface area contributed by atoms with E-state index in [0.29, 0.717) is 17.3 Å². The van der Waals surface area contributed by atoms with Crippen molar-refractivity contribution in [3.05, 3.63) is 72.3 Å². The van der Waals surface area contributed by atoms with Crippen LogP contribution in [0.15, 0.2) is 66.7 Å². The standard InChI is InChI=1S/C35H41N3O4/c1-34-21-22-35(42-34)29(28(34)31(39)36-25-13-7-3-8-14-25)33(41)38(30(35)32(40)37-26-15-9-4-10-16-26)27-19-17-24(18-20-27)23-11-5-2-6-12-23/h3,7-8,13-14,17-23,26,28-30H,2,4-6,9-12,15-16H2,1H3,(H,36,39)(H,37,40)/t28-,29+,30-,34-,35-/m1/s1. The van der Waals surface area contributed by atoms with Crippen LogP contribution >= 0.6 is 0 Å². The minimum Gasteiger partial charge on any atom is -0.356 e. The van der Waals surface area contributed by atoms with Gasteiger partial charge in [-0.05, 0) is 68.4 Å². The molecule has 2 N–H and O–H groups in total. The van der Waals surface area contributed by atoms with Crippen LogP contribution in [0.1, 0.15) is 82.6 Å². The van der Waals surface area contributed by atoms with Crippen molar-refractivity contribution in [3.8, 4) is 0 Å². The normalized spacial score (nSPS) is 32.6. The third kappa shape index (κ3) is 4.48. The van der Waals surface area contributed by atoms with Gasteiger partial charge in [0, 0.05) is 17.4 Å². The smallest absolute Gasteiger partial charge is 0.246 e. The summed E-state index contributed by atoms with van der Waals surface area (Å²) in [6.07, 6.45) is 15.2. The zero-order valence-corrected chi connectivity index (χ0v) is 24.4. The first-order chi connectivity index (χ1) is 20.4. The van der Waals surface area contributed by atoms with E-state index in [9.17, 15) is 14.4 Å². The Morgan fingerprint density at radius 1 is 0.833 bits per heavy atom. The lowest BCUT2D eigenvalue weighted by Gasteiger charge is -2.34. The number of para-hydroxylation sites is 1. The number of ether oxygens (including phenoxy) is 1. The molecule has 0 radical (unpaired) electrons. The SMILES string of the molecule is C[C@]12C=C[C@@]3(O1)[C@H](C(=O)N(c1ccc(C4CCCCC4)cc1)[C@@H]3C(=O)NC1CCCCC1)[C@@H]2C(=O)Nc1ccccc1. The highest BCUT2D eigenvalue weighted by Gasteiger charge is 2.76. The zero-order valence-electron chi connectivity index (χ0n) is 24.4. The molecule has 42 heavy (non-hydrogen) atoms. The van der Waals surface area contributed by atoms with Crippen LogP contribution in [0.25, 0.3) is 0 Å². The van der Waals surface area contributed by atoms with Crippen molar-refractivity contribution in [2.75, 3.05) is 10.2 Å². The Morgan fingerprint density at radius 2 is 1.50 bits per heavy atom. The van der Waals surface area contributed by atoms with Crippen molar-refractivity contribution in [1.82, 2.24) is 5.32 Å². The number of anilines is 2. The van der Waals surface area contributed by atoms with Crippen molar-refractivity contribution in [1.29, 1.82) is 0 Å². The van der Waals surface area contributed by atoms with Gasteiger partial charge in [0.15, 0.2) is 0 Å². The second kappa shape index (κ2) is 10.7. The number of hydrogen-bond acceptors (Lipinski definition) is 4. The zero-order chi connectivity index (χ0) is 28.9. The summed E-state index contributed by atoms with van der Waals surface area (Å²) in [6.45, 7) is 1.86. The van der Waals surface area contributed by atoms with Crippen molar-refractivity contribution < 1.29 is 19.1 Å². The molecule has 3 aliphatic heterocycles. The highest BCUT2D eigenvalue weighted by Crippen LogP contribution is 2.60. The van der Waals surface area contributed by atoms with Crippen LogP contribution in [0.2, 0.25) is 0 Å². The van der Waals surface area contributed by atoms with E-state index < -0.39 is 29.1 Å². The van der Waals surface area contributed by atoms with Gasteiger partial charge in [-0.2, -0.15) is 0 Å². The van der Waals surface area contributed by atoms with E-state index >= 15 is 0 Å². The summed E-state index contributed by atoms with van der Waals surface area (Å²) in [4.78, 5) is 44.2. The molecule has 5 atom stereocenters. The van der Waals surface area contributed by atoms with Crippen LogP contribution in [-0.2, 0) is 19.1 Å². The molecule has 7 heteroatoms. The summed E-state index contributed by atoms with van der Waals surface area (Å²) in [5, 5.41) is 6.29. The molecule has 0 aromatic heterocycles. The van der Waals surface area contributed by atoms with E-state index in [4.69, 9.17) is 4.74 Å². The Hall–Kier alpha value is -3.45. The number of amides is 3. The van der Waals surface area contributed by atoms with Gasteiger partial charge in [-0.15, -0.1) is 0 Å². The summed E-state index contributed by atoms with van der Waals surface area (Å²) in [5.74, 6) is -1.74. The van der Waals surface area contributed by atoms with Gasteiger partial charge in [-0.1, -0.05) is 81.0 Å². The van der Waals surface area contributed by atoms with E-state index in [1.807, 2.05) is 61.5 Å². The van der Waals surface area contributed by atoms with Gasteiger partial charge in [0.2, 0.25) is 17.7 Å². The molecule has 2 aromatic carbocycles. The lowest BCUT2D eigenvalue weighted by atomic mass is 9.70. The first kappa shape index (κ1) is 27.4. The number of fused-ring (bicyclic) bond motifs is 1. The molecular formula is C35H41N3O4. The predicted molar refractivity (Wildman–Crippen MR) is 162 cm³/mol. The predicted octanol–water partition coefficient (Wildman–Crippen LogP) is 5.87. The number of hydrogen-bond donors (Lipinski definition) is 2. The monoisotopic (exact) mass is 567 g/mol. The Morgan fingerprint density at radius 3 is 2.19 bits per heavy atom. The van der Waals surface area contributed by atoms with Crippen LogP contribution in [0, 0.1) is 11.8 Å². The third-order valence-corrected chi connectivity index (χ3v) is 10.5. The number of carbonyl (C=O) groups is 3. The quantitative estimate of drug-likeness (QED) is 0.428. The highest BCUT2D eigenvalue weighted by molar-refractivity contribution is 6.11. The molecule has 2 saturated carbocycles. The van der Waals surface area contributed by atoms with Crippen LogP contribution in [0.5, 0.6) is 0 Å². The maximum absolute atomic E-state index is 14.5. The Kier molecular flexibility index (Phi) is 6.96. The first-order valence-electron chi connectivity index (χ1n) is 15.9. The Bertz CT molecular complexity index is 1380. The number of nitrogens with one attached hydrogen (secondary N) is 2. The van der Waals surface area contributed by atoms with Gasteiger partial charge < -0.3 is 15.4 Å². The van der Waals surface area contributed by atoms with E-state index in [-0.39, 0.29) is 23.8 Å².